The van der Waals surface area contributed by atoms with Crippen molar-refractivity contribution in [1.29, 1.82) is 0 Å². The molecule has 2 fully saturated rings. The van der Waals surface area contributed by atoms with Crippen LogP contribution in [-0.2, 0) is 14.6 Å². The van der Waals surface area contributed by atoms with Crippen LogP contribution in [0.2, 0.25) is 5.02 Å². The van der Waals surface area contributed by atoms with Crippen molar-refractivity contribution in [2.45, 2.75) is 35.5 Å². The highest BCUT2D eigenvalue weighted by molar-refractivity contribution is 7.92. The summed E-state index contributed by atoms with van der Waals surface area (Å²) < 4.78 is 66.7. The number of Topliss-reactive ketones (excluding diaryl/α,β-unsaturated/α-hetero) is 1. The smallest absolute Gasteiger partial charge is 0.255 e. The Hall–Kier alpha value is -2.43. The summed E-state index contributed by atoms with van der Waals surface area (Å²) in [4.78, 5) is 24.1. The Bertz CT molecular complexity index is 1210. The van der Waals surface area contributed by atoms with Crippen LogP contribution in [0.4, 0.5) is 18.9 Å². The Balaban J connectivity index is 1.66. The van der Waals surface area contributed by atoms with E-state index < -0.39 is 56.4 Å². The van der Waals surface area contributed by atoms with E-state index in [-0.39, 0.29) is 33.4 Å². The molecule has 2 aliphatic carbocycles. The van der Waals surface area contributed by atoms with Crippen LogP contribution in [-0.4, -0.2) is 36.6 Å². The van der Waals surface area contributed by atoms with E-state index >= 15 is 0 Å². The van der Waals surface area contributed by atoms with E-state index in [4.69, 9.17) is 11.6 Å². The fourth-order valence-electron chi connectivity index (χ4n) is 4.58. The minimum atomic E-state index is -4.13. The molecule has 2 N–H and O–H groups in total. The number of hydrogen-bond acceptors (Lipinski definition) is 5. The summed E-state index contributed by atoms with van der Waals surface area (Å²) in [7, 11) is -4.13. The molecule has 6 nitrogen and oxygen atoms in total. The van der Waals surface area contributed by atoms with Crippen molar-refractivity contribution < 1.29 is 36.3 Å². The first-order valence-corrected chi connectivity index (χ1v) is 11.6. The molecule has 2 saturated carbocycles. The number of rotatable bonds is 4. The minimum Gasteiger partial charge on any atom is -0.385 e. The van der Waals surface area contributed by atoms with E-state index in [2.05, 4.69) is 5.32 Å². The molecule has 0 heterocycles. The van der Waals surface area contributed by atoms with Crippen molar-refractivity contribution in [2.24, 2.45) is 11.8 Å². The number of carbonyl (C=O) groups excluding carboxylic acids is 2. The maximum atomic E-state index is 13.4. The van der Waals surface area contributed by atoms with E-state index in [0.29, 0.717) is 25.0 Å². The molecule has 0 radical (unpaired) electrons. The molecule has 3 unspecified atom stereocenters. The number of sulfone groups is 1. The van der Waals surface area contributed by atoms with Crippen molar-refractivity contribution in [2.75, 3.05) is 5.32 Å². The third kappa shape index (κ3) is 3.80. The lowest BCUT2D eigenvalue weighted by molar-refractivity contribution is -0.132. The highest BCUT2D eigenvalue weighted by Gasteiger charge is 2.54. The van der Waals surface area contributed by atoms with Crippen LogP contribution < -0.4 is 5.32 Å². The van der Waals surface area contributed by atoms with Gasteiger partial charge in [0.1, 0.15) is 6.10 Å². The summed E-state index contributed by atoms with van der Waals surface area (Å²) in [6.45, 7) is 0. The molecule has 0 spiro atoms. The molecule has 4 atom stereocenters. The number of aliphatic hydroxyl groups excluding tert-OH is 1. The van der Waals surface area contributed by atoms with Gasteiger partial charge in [-0.2, -0.15) is 0 Å². The molecule has 32 heavy (non-hydrogen) atoms. The molecule has 2 aliphatic rings. The summed E-state index contributed by atoms with van der Waals surface area (Å²) in [5.74, 6) is -7.19. The Morgan fingerprint density at radius 2 is 1.75 bits per heavy atom. The van der Waals surface area contributed by atoms with E-state index in [9.17, 15) is 36.3 Å². The Morgan fingerprint density at radius 1 is 1.09 bits per heavy atom. The number of nitrogens with one attached hydrogen (secondary N) is 1. The number of amides is 1. The van der Waals surface area contributed by atoms with Gasteiger partial charge in [0.15, 0.2) is 33.1 Å². The van der Waals surface area contributed by atoms with Crippen LogP contribution in [0.25, 0.3) is 0 Å². The molecule has 0 aromatic heterocycles. The zero-order valence-corrected chi connectivity index (χ0v) is 17.9. The third-order valence-corrected chi connectivity index (χ3v) is 8.90. The van der Waals surface area contributed by atoms with Gasteiger partial charge in [-0.15, -0.1) is 0 Å². The van der Waals surface area contributed by atoms with E-state index in [0.717, 1.165) is 6.07 Å². The van der Waals surface area contributed by atoms with Gasteiger partial charge in [0.05, 0.1) is 15.2 Å². The van der Waals surface area contributed by atoms with Crippen LogP contribution >= 0.6 is 11.6 Å². The second kappa shape index (κ2) is 8.17. The lowest BCUT2D eigenvalue weighted by Gasteiger charge is -2.32. The molecule has 4 rings (SSSR count). The number of ketones is 1. The van der Waals surface area contributed by atoms with Gasteiger partial charge in [-0.25, -0.2) is 21.6 Å². The van der Waals surface area contributed by atoms with Gasteiger partial charge in [-0.3, -0.25) is 9.59 Å². The quantitative estimate of drug-likeness (QED) is 0.643. The number of hydrogen-bond donors (Lipinski definition) is 2. The summed E-state index contributed by atoms with van der Waals surface area (Å²) in [6.07, 6.45) is -0.583. The Kier molecular flexibility index (Phi) is 5.81. The summed E-state index contributed by atoms with van der Waals surface area (Å²) >= 11 is 6.12. The minimum absolute atomic E-state index is 0.0545. The van der Waals surface area contributed by atoms with Crippen LogP contribution in [0.5, 0.6) is 0 Å². The highest BCUT2D eigenvalue weighted by atomic mass is 35.5. The highest BCUT2D eigenvalue weighted by Crippen LogP contribution is 2.47. The SMILES string of the molecule is O=C(Nc1cc(F)c(F)c(F)c1)c1ccc(Cl)c(S(=O)(=O)[C@H]2C3CCC2C(O)C(=O)C3)c1. The largest absolute Gasteiger partial charge is 0.385 e. The molecule has 170 valence electrons. The first-order chi connectivity index (χ1) is 15.0. The van der Waals surface area contributed by atoms with Gasteiger partial charge in [0, 0.05) is 35.7 Å². The molecule has 2 aromatic carbocycles. The Morgan fingerprint density at radius 3 is 2.41 bits per heavy atom. The lowest BCUT2D eigenvalue weighted by atomic mass is 9.85. The van der Waals surface area contributed by atoms with Gasteiger partial charge in [-0.05, 0) is 37.0 Å². The molecule has 2 aromatic rings. The van der Waals surface area contributed by atoms with Gasteiger partial charge in [0.25, 0.3) is 5.91 Å². The summed E-state index contributed by atoms with van der Waals surface area (Å²) in [5, 5.41) is 11.2. The van der Waals surface area contributed by atoms with Gasteiger partial charge in [-0.1, -0.05) is 11.6 Å². The third-order valence-electron chi connectivity index (χ3n) is 6.06. The maximum absolute atomic E-state index is 13.4. The average Bonchev–Trinajstić information content (AvgIpc) is 3.09. The number of halogens is 4. The van der Waals surface area contributed by atoms with Crippen molar-refractivity contribution >= 4 is 38.8 Å². The number of carbonyl (C=O) groups is 2. The second-order valence-corrected chi connectivity index (χ2v) is 10.5. The van der Waals surface area contributed by atoms with Crippen LogP contribution in [0.15, 0.2) is 35.2 Å². The monoisotopic (exact) mass is 487 g/mol. The fraction of sp³-hybridized carbons (Fsp3) is 0.333. The summed E-state index contributed by atoms with van der Waals surface area (Å²) in [5.41, 5.74) is -0.532. The number of anilines is 1. The predicted molar refractivity (Wildman–Crippen MR) is 109 cm³/mol. The normalized spacial score (nSPS) is 25.1. The fourth-order valence-corrected chi connectivity index (χ4v) is 7.43. The number of fused-ring (bicyclic) bond motifs is 2. The zero-order valence-electron chi connectivity index (χ0n) is 16.3. The first-order valence-electron chi connectivity index (χ1n) is 9.71. The Labute approximate surface area is 186 Å². The van der Waals surface area contributed by atoms with Crippen molar-refractivity contribution in [1.82, 2.24) is 0 Å². The van der Waals surface area contributed by atoms with Crippen molar-refractivity contribution in [3.8, 4) is 0 Å². The molecular formula is C21H17ClF3NO5S. The number of benzene rings is 2. The van der Waals surface area contributed by atoms with Crippen molar-refractivity contribution in [3.05, 3.63) is 58.4 Å². The van der Waals surface area contributed by atoms with E-state index in [1.165, 1.54) is 12.1 Å². The van der Waals surface area contributed by atoms with Crippen LogP contribution in [0, 0.1) is 29.3 Å². The number of aliphatic hydroxyl groups is 1. The topological polar surface area (TPSA) is 101 Å². The van der Waals surface area contributed by atoms with Gasteiger partial charge >= 0.3 is 0 Å². The molecule has 0 saturated heterocycles. The molecule has 0 aliphatic heterocycles. The molecule has 2 bridgehead atoms. The molecule has 1 amide bonds. The summed E-state index contributed by atoms with van der Waals surface area (Å²) in [6, 6.07) is 4.62. The standard InChI is InChI=1S/C21H17ClF3NO5S/c22-13-4-2-10(21(29)26-11-7-14(23)18(25)15(24)8-11)6-17(13)32(30,31)20-9-1-3-12(20)19(28)16(27)5-9/h2,4,6-9,12,19-20,28H,1,3,5H2,(H,26,29)/t9?,12?,19?,20-/m0/s1. The van der Waals surface area contributed by atoms with E-state index in [1.54, 1.807) is 0 Å². The average molecular weight is 488 g/mol. The molecular weight excluding hydrogens is 471 g/mol. The predicted octanol–water partition coefficient (Wildman–Crippen LogP) is 3.51. The molecule has 11 heteroatoms. The first kappa shape index (κ1) is 22.8. The van der Waals surface area contributed by atoms with Crippen LogP contribution in [0.1, 0.15) is 29.6 Å². The van der Waals surface area contributed by atoms with E-state index in [1.807, 2.05) is 0 Å². The van der Waals surface area contributed by atoms with Gasteiger partial charge in [0.2, 0.25) is 0 Å². The van der Waals surface area contributed by atoms with Crippen LogP contribution in [0.3, 0.4) is 0 Å². The zero-order chi connectivity index (χ0) is 23.4. The van der Waals surface area contributed by atoms with Crippen molar-refractivity contribution in [3.63, 3.8) is 0 Å². The second-order valence-electron chi connectivity index (χ2n) is 7.98. The van der Waals surface area contributed by atoms with Gasteiger partial charge < -0.3 is 10.4 Å². The lowest BCUT2D eigenvalue weighted by Crippen LogP contribution is -2.46. The maximum Gasteiger partial charge on any atom is 0.255 e.